The Hall–Kier alpha value is -0.0800. The Kier molecular flexibility index (Phi) is 3.59. The summed E-state index contributed by atoms with van der Waals surface area (Å²) < 4.78 is 0. The molecule has 0 aromatic rings. The van der Waals surface area contributed by atoms with Crippen LogP contribution in [0.3, 0.4) is 0 Å². The van der Waals surface area contributed by atoms with Crippen LogP contribution in [-0.2, 0) is 0 Å². The van der Waals surface area contributed by atoms with Crippen molar-refractivity contribution in [1.29, 1.82) is 0 Å². The van der Waals surface area contributed by atoms with Gasteiger partial charge in [0.05, 0.1) is 5.60 Å². The monoisotopic (exact) mass is 199 g/mol. The molecule has 0 aliphatic heterocycles. The number of nitrogens with two attached hydrogens (primary N) is 1. The molecule has 2 nitrogen and oxygen atoms in total. The van der Waals surface area contributed by atoms with Crippen molar-refractivity contribution in [3.63, 3.8) is 0 Å². The minimum atomic E-state index is -0.495. The molecule has 0 amide bonds. The smallest absolute Gasteiger partial charge is 0.0692 e. The van der Waals surface area contributed by atoms with E-state index < -0.39 is 5.60 Å². The summed E-state index contributed by atoms with van der Waals surface area (Å²) in [7, 11) is 0. The molecule has 0 aromatic heterocycles. The van der Waals surface area contributed by atoms with E-state index in [1.54, 1.807) is 0 Å². The van der Waals surface area contributed by atoms with Crippen molar-refractivity contribution < 1.29 is 5.11 Å². The van der Waals surface area contributed by atoms with Gasteiger partial charge in [0.25, 0.3) is 0 Å². The van der Waals surface area contributed by atoms with Crippen LogP contribution in [0.1, 0.15) is 52.9 Å². The molecule has 1 aliphatic carbocycles. The molecule has 1 saturated carbocycles. The first kappa shape index (κ1) is 12.0. The van der Waals surface area contributed by atoms with Crippen molar-refractivity contribution in [3.05, 3.63) is 0 Å². The average Bonchev–Trinajstić information content (AvgIpc) is 2.02. The first-order valence-corrected chi connectivity index (χ1v) is 5.82. The molecule has 0 aromatic carbocycles. The molecule has 0 spiro atoms. The van der Waals surface area contributed by atoms with Crippen LogP contribution in [0.5, 0.6) is 0 Å². The summed E-state index contributed by atoms with van der Waals surface area (Å²) in [5.41, 5.74) is 5.29. The highest BCUT2D eigenvalue weighted by molar-refractivity contribution is 4.95. The van der Waals surface area contributed by atoms with E-state index in [0.717, 1.165) is 25.7 Å². The Bertz CT molecular complexity index is 181. The van der Waals surface area contributed by atoms with E-state index >= 15 is 0 Å². The minimum Gasteiger partial charge on any atom is -0.390 e. The lowest BCUT2D eigenvalue weighted by Gasteiger charge is -2.47. The lowest BCUT2D eigenvalue weighted by Crippen LogP contribution is -2.48. The Balaban J connectivity index is 2.78. The van der Waals surface area contributed by atoms with Crippen molar-refractivity contribution in [3.8, 4) is 0 Å². The quantitative estimate of drug-likeness (QED) is 0.717. The third-order valence-electron chi connectivity index (χ3n) is 3.62. The number of aliphatic hydroxyl groups is 1. The molecule has 2 heteroatoms. The maximum atomic E-state index is 10.6. The molecule has 3 N–H and O–H groups in total. The maximum Gasteiger partial charge on any atom is 0.0692 e. The number of hydrogen-bond acceptors (Lipinski definition) is 2. The molecule has 2 atom stereocenters. The Morgan fingerprint density at radius 1 is 1.36 bits per heavy atom. The summed E-state index contributed by atoms with van der Waals surface area (Å²) >= 11 is 0. The van der Waals surface area contributed by atoms with Crippen molar-refractivity contribution in [1.82, 2.24) is 0 Å². The fraction of sp³-hybridized carbons (Fsp3) is 1.00. The summed E-state index contributed by atoms with van der Waals surface area (Å²) in [6.07, 6.45) is 5.26. The fourth-order valence-corrected chi connectivity index (χ4v) is 3.01. The summed E-state index contributed by atoms with van der Waals surface area (Å²) in [6, 6.07) is 0. The Labute approximate surface area is 87.9 Å². The van der Waals surface area contributed by atoms with Crippen LogP contribution in [0.25, 0.3) is 0 Å². The van der Waals surface area contributed by atoms with Gasteiger partial charge < -0.3 is 10.8 Å². The van der Waals surface area contributed by atoms with Crippen LogP contribution in [0.2, 0.25) is 0 Å². The van der Waals surface area contributed by atoms with Crippen LogP contribution >= 0.6 is 0 Å². The van der Waals surface area contributed by atoms with Gasteiger partial charge in [0.1, 0.15) is 0 Å². The minimum absolute atomic E-state index is 0.199. The Morgan fingerprint density at radius 3 is 2.50 bits per heavy atom. The molecule has 1 fully saturated rings. The molecule has 0 saturated heterocycles. The largest absolute Gasteiger partial charge is 0.390 e. The van der Waals surface area contributed by atoms with Gasteiger partial charge in [0.15, 0.2) is 0 Å². The van der Waals surface area contributed by atoms with Gasteiger partial charge in [0, 0.05) is 0 Å². The van der Waals surface area contributed by atoms with E-state index in [2.05, 4.69) is 20.8 Å². The van der Waals surface area contributed by atoms with Crippen LogP contribution in [0, 0.1) is 11.3 Å². The van der Waals surface area contributed by atoms with Crippen molar-refractivity contribution in [2.75, 3.05) is 6.54 Å². The standard InChI is InChI=1S/C12H25NO/c1-11(2,3)10-6-4-5-7-12(10,14)8-9-13/h10,14H,4-9,13H2,1-3H3. The maximum absolute atomic E-state index is 10.6. The average molecular weight is 199 g/mol. The zero-order valence-electron chi connectivity index (χ0n) is 9.84. The SMILES string of the molecule is CC(C)(C)C1CCCCC1(O)CCN. The molecule has 0 radical (unpaired) electrons. The van der Waals surface area contributed by atoms with E-state index in [1.165, 1.54) is 6.42 Å². The van der Waals surface area contributed by atoms with E-state index in [-0.39, 0.29) is 5.41 Å². The second kappa shape index (κ2) is 4.19. The summed E-state index contributed by atoms with van der Waals surface area (Å²) in [4.78, 5) is 0. The van der Waals surface area contributed by atoms with E-state index in [0.29, 0.717) is 12.5 Å². The van der Waals surface area contributed by atoms with Crippen molar-refractivity contribution >= 4 is 0 Å². The summed E-state index contributed by atoms with van der Waals surface area (Å²) in [5, 5.41) is 10.6. The molecule has 2 unspecified atom stereocenters. The molecule has 14 heavy (non-hydrogen) atoms. The third kappa shape index (κ3) is 2.48. The summed E-state index contributed by atoms with van der Waals surface area (Å²) in [5.74, 6) is 0.410. The number of rotatable bonds is 2. The number of hydrogen-bond donors (Lipinski definition) is 2. The normalized spacial score (nSPS) is 34.5. The van der Waals surface area contributed by atoms with Gasteiger partial charge in [-0.25, -0.2) is 0 Å². The van der Waals surface area contributed by atoms with Crippen molar-refractivity contribution in [2.45, 2.75) is 58.5 Å². The van der Waals surface area contributed by atoms with Crippen LogP contribution in [0.15, 0.2) is 0 Å². The molecule has 1 aliphatic rings. The molecule has 0 heterocycles. The van der Waals surface area contributed by atoms with Crippen LogP contribution in [-0.4, -0.2) is 17.3 Å². The molecule has 1 rings (SSSR count). The van der Waals surface area contributed by atoms with E-state index in [1.807, 2.05) is 0 Å². The van der Waals surface area contributed by atoms with E-state index in [4.69, 9.17) is 5.73 Å². The first-order valence-electron chi connectivity index (χ1n) is 5.82. The molecule has 84 valence electrons. The van der Waals surface area contributed by atoms with Crippen LogP contribution < -0.4 is 5.73 Å². The highest BCUT2D eigenvalue weighted by atomic mass is 16.3. The molecular formula is C12H25NO. The zero-order chi connectivity index (χ0) is 10.8. The van der Waals surface area contributed by atoms with E-state index in [9.17, 15) is 5.11 Å². The summed E-state index contributed by atoms with van der Waals surface area (Å²) in [6.45, 7) is 7.28. The Morgan fingerprint density at radius 2 is 2.00 bits per heavy atom. The van der Waals surface area contributed by atoms with Gasteiger partial charge in [-0.05, 0) is 37.1 Å². The third-order valence-corrected chi connectivity index (χ3v) is 3.62. The zero-order valence-corrected chi connectivity index (χ0v) is 9.84. The van der Waals surface area contributed by atoms with Gasteiger partial charge >= 0.3 is 0 Å². The first-order chi connectivity index (χ1) is 6.40. The van der Waals surface area contributed by atoms with Crippen molar-refractivity contribution in [2.24, 2.45) is 17.1 Å². The fourth-order valence-electron chi connectivity index (χ4n) is 3.01. The topological polar surface area (TPSA) is 46.2 Å². The molecular weight excluding hydrogens is 174 g/mol. The van der Waals surface area contributed by atoms with Gasteiger partial charge in [-0.15, -0.1) is 0 Å². The second-order valence-corrected chi connectivity index (χ2v) is 5.81. The highest BCUT2D eigenvalue weighted by Gasteiger charge is 2.43. The predicted octanol–water partition coefficient (Wildman–Crippen LogP) is 2.30. The van der Waals surface area contributed by atoms with Gasteiger partial charge in [-0.2, -0.15) is 0 Å². The second-order valence-electron chi connectivity index (χ2n) is 5.81. The lowest BCUT2D eigenvalue weighted by atomic mass is 9.63. The lowest BCUT2D eigenvalue weighted by molar-refractivity contribution is -0.0931. The van der Waals surface area contributed by atoms with Gasteiger partial charge in [-0.1, -0.05) is 33.6 Å². The van der Waals surface area contributed by atoms with Gasteiger partial charge in [-0.3, -0.25) is 0 Å². The predicted molar refractivity (Wildman–Crippen MR) is 60.0 cm³/mol. The van der Waals surface area contributed by atoms with Crippen LogP contribution in [0.4, 0.5) is 0 Å². The van der Waals surface area contributed by atoms with Gasteiger partial charge in [0.2, 0.25) is 0 Å². The highest BCUT2D eigenvalue weighted by Crippen LogP contribution is 2.45. The molecule has 0 bridgehead atoms.